The van der Waals surface area contributed by atoms with Crippen LogP contribution in [0.15, 0.2) is 84.9 Å². The highest BCUT2D eigenvalue weighted by molar-refractivity contribution is 7.99. The van der Waals surface area contributed by atoms with Gasteiger partial charge in [-0.05, 0) is 107 Å². The number of anilines is 1. The van der Waals surface area contributed by atoms with E-state index in [0.29, 0.717) is 56.5 Å². The summed E-state index contributed by atoms with van der Waals surface area (Å²) in [5.74, 6) is 0.0769. The first kappa shape index (κ1) is 38.4. The van der Waals surface area contributed by atoms with Crippen molar-refractivity contribution in [3.05, 3.63) is 96.1 Å². The number of rotatable bonds is 13. The number of nitrogens with one attached hydrogen (secondary N) is 2. The summed E-state index contributed by atoms with van der Waals surface area (Å²) in [5, 5.41) is 6.52. The second-order valence-electron chi connectivity index (χ2n) is 14.8. The number of nitrogens with zero attached hydrogens (tertiary/aromatic N) is 2. The van der Waals surface area contributed by atoms with Crippen molar-refractivity contribution in [3.8, 4) is 5.75 Å². The molecule has 0 aliphatic carbocycles. The van der Waals surface area contributed by atoms with E-state index in [-0.39, 0.29) is 35.0 Å². The Hall–Kier alpha value is -4.31. The number of fused-ring (bicyclic) bond motifs is 1. The van der Waals surface area contributed by atoms with E-state index in [2.05, 4.69) is 17.6 Å². The van der Waals surface area contributed by atoms with E-state index >= 15 is 0 Å². The predicted octanol–water partition coefficient (Wildman–Crippen LogP) is 6.54. The second kappa shape index (κ2) is 18.6. The van der Waals surface area contributed by atoms with Crippen LogP contribution in [0.1, 0.15) is 75.8 Å². The molecular weight excluding hydrogens is 685 g/mol. The zero-order valence-corrected chi connectivity index (χ0v) is 31.9. The number of methoxy groups -OCH3 is 1. The summed E-state index contributed by atoms with van der Waals surface area (Å²) in [6.45, 7) is 2.67. The minimum absolute atomic E-state index is 0.0237. The van der Waals surface area contributed by atoms with Crippen LogP contribution in [-0.2, 0) is 32.0 Å². The molecule has 0 saturated carbocycles. The minimum atomic E-state index is -0.670. The third-order valence-corrected chi connectivity index (χ3v) is 12.4. The Morgan fingerprint density at radius 2 is 1.32 bits per heavy atom. The molecule has 0 spiro atoms. The number of carbonyl (C=O) groups excluding carboxylic acids is 4. The average Bonchev–Trinajstić information content (AvgIpc) is 3.46. The van der Waals surface area contributed by atoms with Crippen LogP contribution in [0.5, 0.6) is 5.75 Å². The van der Waals surface area contributed by atoms with Crippen molar-refractivity contribution >= 4 is 41.1 Å². The quantitative estimate of drug-likeness (QED) is 0.206. The summed E-state index contributed by atoms with van der Waals surface area (Å²) in [6, 6.07) is 26.3. The Morgan fingerprint density at radius 1 is 0.736 bits per heavy atom. The van der Waals surface area contributed by atoms with Crippen molar-refractivity contribution in [1.82, 2.24) is 15.5 Å². The Bertz CT molecular complexity index is 1690. The largest absolute Gasteiger partial charge is 0.495 e. The molecule has 6 rings (SSSR count). The number of thioether (sulfide) groups is 1. The molecule has 6 atom stereocenters. The maximum absolute atomic E-state index is 14.3. The SMILES string of the molecule is COc1ccccc1N1CCCCC(NC(=O)C(CCC(Cc2ccccc2)C(=O)NC2CCS[C@H]3CCCC(C)N3C2=O)Cc2ccccc2)C1=O. The minimum Gasteiger partial charge on any atom is -0.495 e. The number of piperidine rings is 1. The highest BCUT2D eigenvalue weighted by Gasteiger charge is 2.39. The van der Waals surface area contributed by atoms with Gasteiger partial charge in [0, 0.05) is 24.4 Å². The summed E-state index contributed by atoms with van der Waals surface area (Å²) in [5.41, 5.74) is 2.75. The van der Waals surface area contributed by atoms with Crippen LogP contribution in [0.4, 0.5) is 5.69 Å². The Kier molecular flexibility index (Phi) is 13.5. The van der Waals surface area contributed by atoms with E-state index in [4.69, 9.17) is 4.74 Å². The van der Waals surface area contributed by atoms with Crippen molar-refractivity contribution in [2.24, 2.45) is 11.8 Å². The topological polar surface area (TPSA) is 108 Å². The molecule has 9 nitrogen and oxygen atoms in total. The standard InChI is InChI=1S/C43H54N4O5S/c1-30-14-13-22-39-47(30)43(51)36(25-27-53-39)45-41(49)34(29-32-17-7-4-8-18-32)24-23-33(28-31-15-5-3-6-16-31)40(48)44-35-19-11-12-26-46(42(35)50)37-20-9-10-21-38(37)52-2/h3-10,15-18,20-21,30,33-36,39H,11-14,19,22-29H2,1-2H3,(H,44,48)(H,45,49)/t30?,33?,34?,35?,36?,39-/m0/s1. The zero-order valence-electron chi connectivity index (χ0n) is 31.1. The maximum Gasteiger partial charge on any atom is 0.249 e. The molecule has 3 heterocycles. The highest BCUT2D eigenvalue weighted by atomic mass is 32.2. The second-order valence-corrected chi connectivity index (χ2v) is 16.1. The normalized spacial score (nSPS) is 23.2. The molecule has 5 unspecified atom stereocenters. The Balaban J connectivity index is 1.19. The van der Waals surface area contributed by atoms with Gasteiger partial charge in [-0.1, -0.05) is 72.8 Å². The number of ether oxygens (including phenoxy) is 1. The summed E-state index contributed by atoms with van der Waals surface area (Å²) >= 11 is 1.83. The number of benzene rings is 3. The molecule has 282 valence electrons. The first-order valence-electron chi connectivity index (χ1n) is 19.4. The highest BCUT2D eigenvalue weighted by Crippen LogP contribution is 2.35. The molecule has 2 N–H and O–H groups in total. The fourth-order valence-corrected chi connectivity index (χ4v) is 9.58. The molecule has 0 bridgehead atoms. The first-order chi connectivity index (χ1) is 25.8. The van der Waals surface area contributed by atoms with E-state index in [9.17, 15) is 19.2 Å². The van der Waals surface area contributed by atoms with Crippen LogP contribution in [0.2, 0.25) is 0 Å². The average molecular weight is 739 g/mol. The summed E-state index contributed by atoms with van der Waals surface area (Å²) in [4.78, 5) is 60.1. The van der Waals surface area contributed by atoms with Crippen LogP contribution in [0, 0.1) is 11.8 Å². The molecule has 3 aromatic rings. The molecule has 4 amide bonds. The van der Waals surface area contributed by atoms with E-state index in [1.54, 1.807) is 12.0 Å². The number of carbonyl (C=O) groups is 4. The molecule has 10 heteroatoms. The molecule has 0 aromatic heterocycles. The van der Waals surface area contributed by atoms with Gasteiger partial charge in [0.25, 0.3) is 0 Å². The third-order valence-electron chi connectivity index (χ3n) is 11.1. The van der Waals surface area contributed by atoms with Crippen molar-refractivity contribution in [2.45, 2.75) is 101 Å². The molecule has 53 heavy (non-hydrogen) atoms. The molecule has 3 aromatic carbocycles. The maximum atomic E-state index is 14.3. The van der Waals surface area contributed by atoms with Crippen molar-refractivity contribution in [2.75, 3.05) is 24.3 Å². The lowest BCUT2D eigenvalue weighted by molar-refractivity contribution is -0.140. The summed E-state index contributed by atoms with van der Waals surface area (Å²) in [7, 11) is 1.60. The molecule has 3 fully saturated rings. The fourth-order valence-electron chi connectivity index (χ4n) is 8.13. The van der Waals surface area contributed by atoms with Crippen LogP contribution >= 0.6 is 11.8 Å². The van der Waals surface area contributed by atoms with Crippen molar-refractivity contribution in [1.29, 1.82) is 0 Å². The Labute approximate surface area is 318 Å². The van der Waals surface area contributed by atoms with Crippen LogP contribution < -0.4 is 20.3 Å². The molecular formula is C43H54N4O5S. The van der Waals surface area contributed by atoms with Gasteiger partial charge < -0.3 is 25.2 Å². The monoisotopic (exact) mass is 738 g/mol. The van der Waals surface area contributed by atoms with Gasteiger partial charge in [-0.15, -0.1) is 11.8 Å². The lowest BCUT2D eigenvalue weighted by Crippen LogP contribution is -2.55. The molecule has 3 aliphatic heterocycles. The number of hydrogen-bond donors (Lipinski definition) is 2. The van der Waals surface area contributed by atoms with Gasteiger partial charge in [-0.2, -0.15) is 0 Å². The zero-order chi connectivity index (χ0) is 37.2. The fraction of sp³-hybridized carbons (Fsp3) is 0.488. The van der Waals surface area contributed by atoms with E-state index in [1.807, 2.05) is 102 Å². The van der Waals surface area contributed by atoms with Gasteiger partial charge >= 0.3 is 0 Å². The van der Waals surface area contributed by atoms with Gasteiger partial charge in [0.2, 0.25) is 23.6 Å². The van der Waals surface area contributed by atoms with Gasteiger partial charge in [-0.25, -0.2) is 0 Å². The first-order valence-corrected chi connectivity index (χ1v) is 20.4. The van der Waals surface area contributed by atoms with E-state index in [0.717, 1.165) is 49.0 Å². The smallest absolute Gasteiger partial charge is 0.249 e. The van der Waals surface area contributed by atoms with Crippen molar-refractivity contribution < 1.29 is 23.9 Å². The van der Waals surface area contributed by atoms with E-state index < -0.39 is 23.9 Å². The van der Waals surface area contributed by atoms with Gasteiger partial charge in [0.15, 0.2) is 0 Å². The summed E-state index contributed by atoms with van der Waals surface area (Å²) in [6.07, 6.45) is 7.76. The van der Waals surface area contributed by atoms with Crippen LogP contribution in [0.25, 0.3) is 0 Å². The van der Waals surface area contributed by atoms with Crippen LogP contribution in [0.3, 0.4) is 0 Å². The van der Waals surface area contributed by atoms with Gasteiger partial charge in [-0.3, -0.25) is 19.2 Å². The van der Waals surface area contributed by atoms with Gasteiger partial charge in [0.05, 0.1) is 18.2 Å². The lowest BCUT2D eigenvalue weighted by atomic mass is 9.86. The molecule has 3 saturated heterocycles. The number of hydrogen-bond acceptors (Lipinski definition) is 6. The third kappa shape index (κ3) is 9.82. The molecule has 3 aliphatic rings. The van der Waals surface area contributed by atoms with Crippen LogP contribution in [-0.4, -0.2) is 71.4 Å². The summed E-state index contributed by atoms with van der Waals surface area (Å²) < 4.78 is 5.58. The van der Waals surface area contributed by atoms with E-state index in [1.165, 1.54) is 0 Å². The number of para-hydroxylation sites is 2. The van der Waals surface area contributed by atoms with Crippen molar-refractivity contribution in [3.63, 3.8) is 0 Å². The van der Waals surface area contributed by atoms with Gasteiger partial charge in [0.1, 0.15) is 17.8 Å². The lowest BCUT2D eigenvalue weighted by Gasteiger charge is -2.40. The molecule has 0 radical (unpaired) electrons. The number of amides is 4. The predicted molar refractivity (Wildman–Crippen MR) is 211 cm³/mol. The Morgan fingerprint density at radius 3 is 1.94 bits per heavy atom.